The molecular formula is C19H20N2O4. The van der Waals surface area contributed by atoms with Gasteiger partial charge in [-0.25, -0.2) is 0 Å². The molecule has 2 amide bonds. The zero-order valence-corrected chi connectivity index (χ0v) is 14.2. The van der Waals surface area contributed by atoms with Gasteiger partial charge in [0.1, 0.15) is 12.4 Å². The molecule has 3 rings (SSSR count). The van der Waals surface area contributed by atoms with Crippen molar-refractivity contribution in [2.24, 2.45) is 0 Å². The SMILES string of the molecule is COCC(=O)Nc1ccc2c(c1)N(Cc1ccccc1)C(=O)C(C)O2. The van der Waals surface area contributed by atoms with E-state index in [9.17, 15) is 9.59 Å². The second-order valence-electron chi connectivity index (χ2n) is 5.83. The highest BCUT2D eigenvalue weighted by Crippen LogP contribution is 2.37. The lowest BCUT2D eigenvalue weighted by Crippen LogP contribution is -2.44. The molecule has 2 aromatic carbocycles. The molecule has 0 saturated heterocycles. The summed E-state index contributed by atoms with van der Waals surface area (Å²) in [5.74, 6) is 0.248. The maximum atomic E-state index is 12.6. The Labute approximate surface area is 146 Å². The molecule has 0 bridgehead atoms. The molecule has 1 atom stereocenters. The summed E-state index contributed by atoms with van der Waals surface area (Å²) in [7, 11) is 1.46. The lowest BCUT2D eigenvalue weighted by atomic mass is 10.1. The monoisotopic (exact) mass is 340 g/mol. The van der Waals surface area contributed by atoms with Crippen LogP contribution in [0.25, 0.3) is 0 Å². The van der Waals surface area contributed by atoms with Crippen LogP contribution in [0.1, 0.15) is 12.5 Å². The number of methoxy groups -OCH3 is 1. The van der Waals surface area contributed by atoms with Crippen molar-refractivity contribution in [3.63, 3.8) is 0 Å². The Morgan fingerprint density at radius 1 is 1.24 bits per heavy atom. The van der Waals surface area contributed by atoms with Crippen molar-refractivity contribution >= 4 is 23.2 Å². The molecule has 6 nitrogen and oxygen atoms in total. The van der Waals surface area contributed by atoms with Crippen LogP contribution in [-0.2, 0) is 20.9 Å². The van der Waals surface area contributed by atoms with Crippen molar-refractivity contribution in [3.8, 4) is 5.75 Å². The van der Waals surface area contributed by atoms with Gasteiger partial charge in [0, 0.05) is 12.8 Å². The van der Waals surface area contributed by atoms with Crippen LogP contribution in [0.4, 0.5) is 11.4 Å². The molecule has 1 heterocycles. The van der Waals surface area contributed by atoms with Crippen molar-refractivity contribution < 1.29 is 19.1 Å². The first-order chi connectivity index (χ1) is 12.1. The van der Waals surface area contributed by atoms with Crippen molar-refractivity contribution in [1.29, 1.82) is 0 Å². The van der Waals surface area contributed by atoms with Crippen LogP contribution < -0.4 is 15.0 Å². The van der Waals surface area contributed by atoms with Gasteiger partial charge in [-0.05, 0) is 30.7 Å². The van der Waals surface area contributed by atoms with E-state index in [0.717, 1.165) is 5.56 Å². The fourth-order valence-corrected chi connectivity index (χ4v) is 2.74. The van der Waals surface area contributed by atoms with Gasteiger partial charge in [0.2, 0.25) is 5.91 Å². The third-order valence-corrected chi connectivity index (χ3v) is 3.91. The van der Waals surface area contributed by atoms with E-state index in [-0.39, 0.29) is 18.4 Å². The van der Waals surface area contributed by atoms with Gasteiger partial charge in [-0.15, -0.1) is 0 Å². The average Bonchev–Trinajstić information content (AvgIpc) is 2.60. The molecule has 1 N–H and O–H groups in total. The van der Waals surface area contributed by atoms with E-state index < -0.39 is 6.10 Å². The Balaban J connectivity index is 1.91. The molecular weight excluding hydrogens is 320 g/mol. The van der Waals surface area contributed by atoms with Crippen LogP contribution >= 0.6 is 0 Å². The highest BCUT2D eigenvalue weighted by Gasteiger charge is 2.31. The van der Waals surface area contributed by atoms with Gasteiger partial charge in [-0.2, -0.15) is 0 Å². The summed E-state index contributed by atoms with van der Waals surface area (Å²) in [4.78, 5) is 26.0. The lowest BCUT2D eigenvalue weighted by molar-refractivity contribution is -0.125. The lowest BCUT2D eigenvalue weighted by Gasteiger charge is -2.33. The van der Waals surface area contributed by atoms with Crippen LogP contribution in [0.2, 0.25) is 0 Å². The number of benzene rings is 2. The van der Waals surface area contributed by atoms with Gasteiger partial charge in [0.05, 0.1) is 12.2 Å². The van der Waals surface area contributed by atoms with E-state index in [1.54, 1.807) is 30.0 Å². The van der Waals surface area contributed by atoms with Crippen LogP contribution in [0, 0.1) is 0 Å². The Kier molecular flexibility index (Phi) is 5.00. The summed E-state index contributed by atoms with van der Waals surface area (Å²) in [5.41, 5.74) is 2.25. The molecule has 0 fully saturated rings. The molecule has 130 valence electrons. The van der Waals surface area contributed by atoms with Crippen molar-refractivity contribution in [3.05, 3.63) is 54.1 Å². The smallest absolute Gasteiger partial charge is 0.268 e. The number of anilines is 2. The molecule has 6 heteroatoms. The number of nitrogens with one attached hydrogen (secondary N) is 1. The van der Waals surface area contributed by atoms with Crippen LogP contribution in [-0.4, -0.2) is 31.6 Å². The molecule has 0 spiro atoms. The molecule has 1 unspecified atom stereocenters. The van der Waals surface area contributed by atoms with E-state index in [2.05, 4.69) is 5.32 Å². The summed E-state index contributed by atoms with van der Waals surface area (Å²) in [6.45, 7) is 2.14. The topological polar surface area (TPSA) is 67.9 Å². The van der Waals surface area contributed by atoms with Gasteiger partial charge in [-0.1, -0.05) is 30.3 Å². The molecule has 1 aliphatic rings. The number of amides is 2. The van der Waals surface area contributed by atoms with Gasteiger partial charge < -0.3 is 19.7 Å². The third kappa shape index (κ3) is 3.80. The number of fused-ring (bicyclic) bond motifs is 1. The van der Waals surface area contributed by atoms with Gasteiger partial charge in [-0.3, -0.25) is 9.59 Å². The summed E-state index contributed by atoms with van der Waals surface area (Å²) < 4.78 is 10.5. The van der Waals surface area contributed by atoms with Crippen molar-refractivity contribution in [1.82, 2.24) is 0 Å². The second-order valence-corrected chi connectivity index (χ2v) is 5.83. The first-order valence-electron chi connectivity index (χ1n) is 8.03. The summed E-state index contributed by atoms with van der Waals surface area (Å²) >= 11 is 0. The zero-order valence-electron chi connectivity index (χ0n) is 14.2. The minimum absolute atomic E-state index is 0.0305. The third-order valence-electron chi connectivity index (χ3n) is 3.91. The van der Waals surface area contributed by atoms with Crippen LogP contribution in [0.5, 0.6) is 5.75 Å². The van der Waals surface area contributed by atoms with Crippen molar-refractivity contribution in [2.45, 2.75) is 19.6 Å². The Morgan fingerprint density at radius 3 is 2.72 bits per heavy atom. The molecule has 25 heavy (non-hydrogen) atoms. The quantitative estimate of drug-likeness (QED) is 0.908. The maximum absolute atomic E-state index is 12.6. The average molecular weight is 340 g/mol. The Hall–Kier alpha value is -2.86. The number of nitrogens with zero attached hydrogens (tertiary/aromatic N) is 1. The predicted molar refractivity (Wildman–Crippen MR) is 94.7 cm³/mol. The Bertz CT molecular complexity index is 776. The minimum atomic E-state index is -0.551. The molecule has 0 saturated carbocycles. The first kappa shape index (κ1) is 17.0. The number of hydrogen-bond acceptors (Lipinski definition) is 4. The highest BCUT2D eigenvalue weighted by molar-refractivity contribution is 6.01. The fourth-order valence-electron chi connectivity index (χ4n) is 2.74. The van der Waals surface area contributed by atoms with Gasteiger partial charge in [0.25, 0.3) is 5.91 Å². The molecule has 0 aliphatic carbocycles. The summed E-state index contributed by atoms with van der Waals surface area (Å²) in [6, 6.07) is 15.0. The number of rotatable bonds is 5. The van der Waals surface area contributed by atoms with E-state index in [1.807, 2.05) is 30.3 Å². The van der Waals surface area contributed by atoms with Gasteiger partial charge in [0.15, 0.2) is 6.10 Å². The van der Waals surface area contributed by atoms with Gasteiger partial charge >= 0.3 is 0 Å². The number of carbonyl (C=O) groups is 2. The fraction of sp³-hybridized carbons (Fsp3) is 0.263. The predicted octanol–water partition coefficient (Wildman–Crippen LogP) is 2.59. The van der Waals surface area contributed by atoms with E-state index in [1.165, 1.54) is 7.11 Å². The first-order valence-corrected chi connectivity index (χ1v) is 8.03. The highest BCUT2D eigenvalue weighted by atomic mass is 16.5. The maximum Gasteiger partial charge on any atom is 0.268 e. The molecule has 0 radical (unpaired) electrons. The van der Waals surface area contributed by atoms with E-state index in [4.69, 9.17) is 9.47 Å². The summed E-state index contributed by atoms with van der Waals surface area (Å²) in [6.07, 6.45) is -0.551. The Morgan fingerprint density at radius 2 is 2.00 bits per heavy atom. The van der Waals surface area contributed by atoms with Crippen LogP contribution in [0.15, 0.2) is 48.5 Å². The standard InChI is InChI=1S/C19H20N2O4/c1-13-19(23)21(11-14-6-4-3-5-7-14)16-10-15(8-9-17(16)25-13)20-18(22)12-24-2/h3-10,13H,11-12H2,1-2H3,(H,20,22). The molecule has 0 aromatic heterocycles. The largest absolute Gasteiger partial charge is 0.479 e. The van der Waals surface area contributed by atoms with E-state index in [0.29, 0.717) is 23.7 Å². The van der Waals surface area contributed by atoms with Crippen LogP contribution in [0.3, 0.4) is 0 Å². The summed E-state index contributed by atoms with van der Waals surface area (Å²) in [5, 5.41) is 2.75. The van der Waals surface area contributed by atoms with E-state index >= 15 is 0 Å². The zero-order chi connectivity index (χ0) is 17.8. The number of hydrogen-bond donors (Lipinski definition) is 1. The number of ether oxygens (including phenoxy) is 2. The molecule has 2 aromatic rings. The minimum Gasteiger partial charge on any atom is -0.479 e. The van der Waals surface area contributed by atoms with Crippen molar-refractivity contribution in [2.75, 3.05) is 23.9 Å². The number of carbonyl (C=O) groups excluding carboxylic acids is 2. The second kappa shape index (κ2) is 7.36. The normalized spacial score (nSPS) is 16.2. The molecule has 1 aliphatic heterocycles.